The minimum atomic E-state index is -2.89. The van der Waals surface area contributed by atoms with Gasteiger partial charge in [0.05, 0.1) is 28.9 Å². The van der Waals surface area contributed by atoms with E-state index in [4.69, 9.17) is 10.5 Å². The highest BCUT2D eigenvalue weighted by Crippen LogP contribution is 2.42. The van der Waals surface area contributed by atoms with Gasteiger partial charge in [-0.1, -0.05) is 0 Å². The Hall–Kier alpha value is -3.57. The Morgan fingerprint density at radius 2 is 2.00 bits per heavy atom. The fourth-order valence-electron chi connectivity index (χ4n) is 5.40. The summed E-state index contributed by atoms with van der Waals surface area (Å²) in [5.74, 6) is 2.06. The van der Waals surface area contributed by atoms with E-state index in [-0.39, 0.29) is 5.41 Å². The second-order valence-corrected chi connectivity index (χ2v) is 12.1. The molecule has 1 atom stereocenters. The molecule has 2 aliphatic rings. The molecular formula is C25H27N7O3S. The van der Waals surface area contributed by atoms with Crippen molar-refractivity contribution in [3.63, 3.8) is 0 Å². The number of sulfone groups is 1. The number of H-pyrrole nitrogens is 1. The number of nitrogens with two attached hydrogens (primary N) is 1. The molecule has 36 heavy (non-hydrogen) atoms. The van der Waals surface area contributed by atoms with Crippen LogP contribution in [0.25, 0.3) is 22.2 Å². The molecule has 0 amide bonds. The first-order valence-corrected chi connectivity index (χ1v) is 13.7. The third-order valence-corrected chi connectivity index (χ3v) is 9.10. The number of hydrogen-bond acceptors (Lipinski definition) is 9. The molecule has 4 aromatic rings. The van der Waals surface area contributed by atoms with Crippen LogP contribution in [-0.4, -0.2) is 58.4 Å². The van der Waals surface area contributed by atoms with E-state index in [9.17, 15) is 8.42 Å². The first-order chi connectivity index (χ1) is 17.2. The van der Waals surface area contributed by atoms with Gasteiger partial charge < -0.3 is 9.64 Å². The van der Waals surface area contributed by atoms with E-state index in [0.29, 0.717) is 17.3 Å². The molecular weight excluding hydrogens is 478 g/mol. The summed E-state index contributed by atoms with van der Waals surface area (Å²) in [6.07, 6.45) is 3.54. The van der Waals surface area contributed by atoms with E-state index >= 15 is 0 Å². The molecule has 186 valence electrons. The SMILES string of the molecule is Cc1cnnc(C)c1[C@@H](N)Oc1ccc2[nH]nc(-c3ccc(N4CC5(CCS(=O)(=O)C5)C4)nc3)c2c1. The summed E-state index contributed by atoms with van der Waals surface area (Å²) in [5.41, 5.74) is 11.3. The number of ether oxygens (including phenoxy) is 1. The van der Waals surface area contributed by atoms with Crippen molar-refractivity contribution in [2.45, 2.75) is 26.5 Å². The Balaban J connectivity index is 1.21. The number of nitrogens with zero attached hydrogens (tertiary/aromatic N) is 5. The fourth-order valence-corrected chi connectivity index (χ4v) is 7.55. The molecule has 0 saturated carbocycles. The van der Waals surface area contributed by atoms with Crippen LogP contribution in [0.1, 0.15) is 29.5 Å². The number of aromatic amines is 1. The third kappa shape index (κ3) is 3.97. The Morgan fingerprint density at radius 1 is 1.17 bits per heavy atom. The van der Waals surface area contributed by atoms with Crippen molar-refractivity contribution in [3.8, 4) is 17.0 Å². The number of aromatic nitrogens is 5. The van der Waals surface area contributed by atoms with Crippen LogP contribution >= 0.6 is 0 Å². The summed E-state index contributed by atoms with van der Waals surface area (Å²) in [7, 11) is -2.89. The summed E-state index contributed by atoms with van der Waals surface area (Å²) < 4.78 is 29.8. The van der Waals surface area contributed by atoms with E-state index < -0.39 is 16.1 Å². The Kier molecular flexibility index (Phi) is 5.23. The lowest BCUT2D eigenvalue weighted by Crippen LogP contribution is -2.57. The molecule has 0 bridgehead atoms. The zero-order chi connectivity index (χ0) is 25.1. The van der Waals surface area contributed by atoms with Gasteiger partial charge in [0.15, 0.2) is 16.1 Å². The van der Waals surface area contributed by atoms with E-state index in [1.54, 1.807) is 12.4 Å². The lowest BCUT2D eigenvalue weighted by molar-refractivity contribution is 0.212. The first-order valence-electron chi connectivity index (χ1n) is 11.8. The normalized spacial score (nSPS) is 18.9. The maximum atomic E-state index is 11.9. The highest BCUT2D eigenvalue weighted by molar-refractivity contribution is 7.91. The molecule has 0 radical (unpaired) electrons. The van der Waals surface area contributed by atoms with Crippen molar-refractivity contribution < 1.29 is 13.2 Å². The Bertz CT molecular complexity index is 1540. The van der Waals surface area contributed by atoms with Gasteiger partial charge in [0.2, 0.25) is 0 Å². The molecule has 1 spiro atoms. The van der Waals surface area contributed by atoms with Crippen molar-refractivity contribution in [1.29, 1.82) is 0 Å². The van der Waals surface area contributed by atoms with Crippen molar-refractivity contribution >= 4 is 26.6 Å². The van der Waals surface area contributed by atoms with Crippen LogP contribution in [0.15, 0.2) is 42.7 Å². The van der Waals surface area contributed by atoms with E-state index in [1.807, 2.05) is 44.2 Å². The van der Waals surface area contributed by atoms with E-state index in [2.05, 4.69) is 30.3 Å². The number of benzene rings is 1. The number of pyridine rings is 1. The molecule has 2 saturated heterocycles. The molecule has 2 aliphatic heterocycles. The summed E-state index contributed by atoms with van der Waals surface area (Å²) in [5, 5.41) is 16.5. The number of hydrogen-bond donors (Lipinski definition) is 2. The standard InChI is InChI=1S/C25H27N7O3S/c1-15-10-28-29-16(2)22(15)24(26)35-18-4-5-20-19(9-18)23(31-30-20)17-3-6-21(27-11-17)32-12-25(13-32)7-8-36(33,34)14-25/h3-6,9-11,24H,7-8,12-14,26H2,1-2H3,(H,30,31)/t24-/m0/s1. The van der Waals surface area contributed by atoms with Crippen LogP contribution in [0.3, 0.4) is 0 Å². The largest absolute Gasteiger partial charge is 0.471 e. The van der Waals surface area contributed by atoms with Gasteiger partial charge in [-0.05, 0) is 56.2 Å². The number of fused-ring (bicyclic) bond motifs is 1. The van der Waals surface area contributed by atoms with Gasteiger partial charge in [-0.25, -0.2) is 13.4 Å². The van der Waals surface area contributed by atoms with Crippen molar-refractivity contribution in [2.24, 2.45) is 11.1 Å². The molecule has 0 aliphatic carbocycles. The maximum Gasteiger partial charge on any atom is 0.176 e. The minimum Gasteiger partial charge on any atom is -0.471 e. The zero-order valence-corrected chi connectivity index (χ0v) is 20.9. The third-order valence-electron chi connectivity index (χ3n) is 7.22. The Morgan fingerprint density at radius 3 is 2.69 bits per heavy atom. The monoisotopic (exact) mass is 505 g/mol. The van der Waals surface area contributed by atoms with Gasteiger partial charge >= 0.3 is 0 Å². The predicted octanol–water partition coefficient (Wildman–Crippen LogP) is 2.69. The van der Waals surface area contributed by atoms with Gasteiger partial charge in [0.1, 0.15) is 17.3 Å². The smallest absolute Gasteiger partial charge is 0.176 e. The topological polar surface area (TPSA) is 140 Å². The van der Waals surface area contributed by atoms with Crippen LogP contribution in [0.2, 0.25) is 0 Å². The highest BCUT2D eigenvalue weighted by Gasteiger charge is 2.50. The quantitative estimate of drug-likeness (QED) is 0.392. The zero-order valence-electron chi connectivity index (χ0n) is 20.1. The van der Waals surface area contributed by atoms with Gasteiger partial charge in [0, 0.05) is 41.2 Å². The molecule has 0 unspecified atom stereocenters. The van der Waals surface area contributed by atoms with Crippen molar-refractivity contribution in [2.75, 3.05) is 29.5 Å². The average Bonchev–Trinajstić information content (AvgIpc) is 3.38. The maximum absolute atomic E-state index is 11.9. The minimum absolute atomic E-state index is 0.0990. The summed E-state index contributed by atoms with van der Waals surface area (Å²) in [6.45, 7) is 5.26. The van der Waals surface area contributed by atoms with Crippen LogP contribution in [0.4, 0.5) is 5.82 Å². The first kappa shape index (κ1) is 22.9. The van der Waals surface area contributed by atoms with E-state index in [0.717, 1.165) is 64.3 Å². The second-order valence-electron chi connectivity index (χ2n) is 9.95. The fraction of sp³-hybridized carbons (Fsp3) is 0.360. The highest BCUT2D eigenvalue weighted by atomic mass is 32.2. The van der Waals surface area contributed by atoms with E-state index in [1.165, 1.54) is 0 Å². The Labute approximate surface area is 208 Å². The van der Waals surface area contributed by atoms with Gasteiger partial charge in [-0.3, -0.25) is 10.8 Å². The van der Waals surface area contributed by atoms with Gasteiger partial charge in [-0.15, -0.1) is 0 Å². The lowest BCUT2D eigenvalue weighted by atomic mass is 9.79. The van der Waals surface area contributed by atoms with Gasteiger partial charge in [-0.2, -0.15) is 15.3 Å². The van der Waals surface area contributed by atoms with Crippen molar-refractivity contribution in [1.82, 2.24) is 25.4 Å². The average molecular weight is 506 g/mol. The molecule has 10 nitrogen and oxygen atoms in total. The molecule has 2 fully saturated rings. The van der Waals surface area contributed by atoms with Crippen molar-refractivity contribution in [3.05, 3.63) is 59.5 Å². The lowest BCUT2D eigenvalue weighted by Gasteiger charge is -2.48. The molecule has 11 heteroatoms. The molecule has 6 rings (SSSR count). The number of rotatable bonds is 5. The summed E-state index contributed by atoms with van der Waals surface area (Å²) >= 11 is 0. The van der Waals surface area contributed by atoms with Crippen LogP contribution in [0.5, 0.6) is 5.75 Å². The van der Waals surface area contributed by atoms with Gasteiger partial charge in [0.25, 0.3) is 0 Å². The second kappa shape index (κ2) is 8.24. The van der Waals surface area contributed by atoms with Crippen LogP contribution in [0, 0.1) is 19.3 Å². The number of aryl methyl sites for hydroxylation is 2. The number of anilines is 1. The van der Waals surface area contributed by atoms with Crippen LogP contribution < -0.4 is 15.4 Å². The molecule has 1 aromatic carbocycles. The molecule has 3 N–H and O–H groups in total. The molecule has 5 heterocycles. The molecule has 3 aromatic heterocycles. The number of nitrogens with one attached hydrogen (secondary N) is 1. The van der Waals surface area contributed by atoms with Crippen LogP contribution in [-0.2, 0) is 9.84 Å². The summed E-state index contributed by atoms with van der Waals surface area (Å²) in [6, 6.07) is 9.64. The summed E-state index contributed by atoms with van der Waals surface area (Å²) in [4.78, 5) is 6.78. The predicted molar refractivity (Wildman–Crippen MR) is 136 cm³/mol.